The molecule has 3 heterocycles. The summed E-state index contributed by atoms with van der Waals surface area (Å²) in [5, 5.41) is 9.79. The van der Waals surface area contributed by atoms with Gasteiger partial charge < -0.3 is 14.9 Å². The van der Waals surface area contributed by atoms with Crippen LogP contribution in [0.25, 0.3) is 0 Å². The SMILES string of the molecule is CCCSc1nc(N2CCC[C@@H](CC(=O)O)C2)ccc1C(=O)N1CCC(c2ccccc2C(F)(F)F)C1. The number of piperidine rings is 1. The van der Waals surface area contributed by atoms with Gasteiger partial charge in [0, 0.05) is 38.5 Å². The van der Waals surface area contributed by atoms with Crippen molar-refractivity contribution in [1.82, 2.24) is 9.88 Å². The molecule has 2 atom stereocenters. The minimum atomic E-state index is -4.43. The highest BCUT2D eigenvalue weighted by molar-refractivity contribution is 7.99. The van der Waals surface area contributed by atoms with E-state index < -0.39 is 17.7 Å². The minimum absolute atomic E-state index is 0.0576. The lowest BCUT2D eigenvalue weighted by molar-refractivity contribution is -0.139. The number of aliphatic carboxylic acids is 1. The van der Waals surface area contributed by atoms with Crippen LogP contribution >= 0.6 is 11.8 Å². The molecule has 0 radical (unpaired) electrons. The van der Waals surface area contributed by atoms with Gasteiger partial charge in [0.2, 0.25) is 0 Å². The van der Waals surface area contributed by atoms with E-state index in [2.05, 4.69) is 4.90 Å². The number of carbonyl (C=O) groups is 2. The number of amides is 1. The zero-order valence-electron chi connectivity index (χ0n) is 20.8. The number of nitrogens with zero attached hydrogens (tertiary/aromatic N) is 3. The average Bonchev–Trinajstić information content (AvgIpc) is 3.36. The summed E-state index contributed by atoms with van der Waals surface area (Å²) in [4.78, 5) is 33.2. The molecule has 2 fully saturated rings. The average molecular weight is 536 g/mol. The van der Waals surface area contributed by atoms with Gasteiger partial charge in [0.15, 0.2) is 0 Å². The van der Waals surface area contributed by atoms with Crippen LogP contribution < -0.4 is 4.90 Å². The van der Waals surface area contributed by atoms with E-state index in [1.807, 2.05) is 6.92 Å². The maximum Gasteiger partial charge on any atom is 0.416 e. The number of alkyl halides is 3. The van der Waals surface area contributed by atoms with Gasteiger partial charge in [-0.3, -0.25) is 9.59 Å². The topological polar surface area (TPSA) is 73.7 Å². The second-order valence-corrected chi connectivity index (χ2v) is 10.8. The number of benzene rings is 1. The Kier molecular flexibility index (Phi) is 8.67. The highest BCUT2D eigenvalue weighted by atomic mass is 32.2. The molecule has 1 amide bonds. The Bertz CT molecular complexity index is 1130. The summed E-state index contributed by atoms with van der Waals surface area (Å²) >= 11 is 1.50. The van der Waals surface area contributed by atoms with Crippen LogP contribution in [0.5, 0.6) is 0 Å². The number of hydrogen-bond donors (Lipinski definition) is 1. The van der Waals surface area contributed by atoms with Crippen LogP contribution in [-0.4, -0.2) is 58.8 Å². The van der Waals surface area contributed by atoms with Gasteiger partial charge in [0.1, 0.15) is 10.8 Å². The normalized spacial score (nSPS) is 20.3. The van der Waals surface area contributed by atoms with E-state index in [9.17, 15) is 27.9 Å². The summed E-state index contributed by atoms with van der Waals surface area (Å²) in [6.07, 6.45) is -1.19. The number of hydrogen-bond acceptors (Lipinski definition) is 5. The van der Waals surface area contributed by atoms with E-state index in [0.29, 0.717) is 30.1 Å². The zero-order chi connectivity index (χ0) is 26.6. The third-order valence-electron chi connectivity index (χ3n) is 7.01. The summed E-state index contributed by atoms with van der Waals surface area (Å²) in [5.41, 5.74) is 0.0636. The lowest BCUT2D eigenvalue weighted by Gasteiger charge is -2.33. The molecule has 1 aromatic carbocycles. The van der Waals surface area contributed by atoms with Gasteiger partial charge in [-0.2, -0.15) is 13.2 Å². The van der Waals surface area contributed by atoms with E-state index in [0.717, 1.165) is 43.4 Å². The van der Waals surface area contributed by atoms with Crippen molar-refractivity contribution >= 4 is 29.5 Å². The molecule has 1 N–H and O–H groups in total. The van der Waals surface area contributed by atoms with E-state index in [1.54, 1.807) is 23.1 Å². The van der Waals surface area contributed by atoms with E-state index in [-0.39, 0.29) is 36.3 Å². The summed E-state index contributed by atoms with van der Waals surface area (Å²) < 4.78 is 40.6. The van der Waals surface area contributed by atoms with E-state index in [1.165, 1.54) is 23.9 Å². The molecule has 0 bridgehead atoms. The molecule has 2 aliphatic rings. The van der Waals surface area contributed by atoms with Crippen LogP contribution in [0, 0.1) is 5.92 Å². The Hall–Kier alpha value is -2.75. The number of rotatable bonds is 8. The second-order valence-electron chi connectivity index (χ2n) is 9.74. The lowest BCUT2D eigenvalue weighted by atomic mass is 9.93. The Morgan fingerprint density at radius 1 is 1.11 bits per heavy atom. The molecule has 37 heavy (non-hydrogen) atoms. The lowest BCUT2D eigenvalue weighted by Crippen LogP contribution is -2.37. The van der Waals surface area contributed by atoms with Crippen molar-refractivity contribution in [2.24, 2.45) is 5.92 Å². The molecule has 2 aromatic rings. The molecule has 2 aliphatic heterocycles. The molecule has 200 valence electrons. The molecule has 0 aliphatic carbocycles. The molecule has 10 heteroatoms. The third-order valence-corrected chi connectivity index (χ3v) is 8.20. The fourth-order valence-corrected chi connectivity index (χ4v) is 6.11. The second kappa shape index (κ2) is 11.8. The smallest absolute Gasteiger partial charge is 0.416 e. The first-order valence-corrected chi connectivity index (χ1v) is 13.7. The van der Waals surface area contributed by atoms with Crippen LogP contribution in [-0.2, 0) is 11.0 Å². The van der Waals surface area contributed by atoms with Gasteiger partial charge in [0.05, 0.1) is 11.1 Å². The first-order valence-electron chi connectivity index (χ1n) is 12.7. The number of thioether (sulfide) groups is 1. The van der Waals surface area contributed by atoms with Crippen LogP contribution in [0.2, 0.25) is 0 Å². The highest BCUT2D eigenvalue weighted by Gasteiger charge is 2.38. The van der Waals surface area contributed by atoms with Gasteiger partial charge in [-0.25, -0.2) is 4.98 Å². The number of aromatic nitrogens is 1. The maximum absolute atomic E-state index is 13.5. The fraction of sp³-hybridized carbons (Fsp3) is 0.519. The molecule has 4 rings (SSSR count). The predicted molar refractivity (Wildman–Crippen MR) is 137 cm³/mol. The van der Waals surface area contributed by atoms with Gasteiger partial charge in [0.25, 0.3) is 5.91 Å². The Morgan fingerprint density at radius 3 is 2.62 bits per heavy atom. The summed E-state index contributed by atoms with van der Waals surface area (Å²) in [7, 11) is 0. The molecular weight excluding hydrogens is 503 g/mol. The summed E-state index contributed by atoms with van der Waals surface area (Å²) in [6.45, 7) is 4.05. The quantitative estimate of drug-likeness (QED) is 0.423. The standard InChI is InChI=1S/C27H32F3N3O3S/c1-2-14-37-25-21(9-10-23(31-25)32-12-5-6-18(16-32)15-24(34)35)26(36)33-13-11-19(17-33)20-7-3-4-8-22(20)27(28,29)30/h3-4,7-10,18-19H,2,5-6,11-17H2,1H3,(H,34,35)/t18-,19?/m0/s1. The molecule has 1 aromatic heterocycles. The number of carbonyl (C=O) groups excluding carboxylic acids is 1. The summed E-state index contributed by atoms with van der Waals surface area (Å²) in [5.74, 6) is 0.167. The largest absolute Gasteiger partial charge is 0.481 e. The number of pyridine rings is 1. The van der Waals surface area contributed by atoms with Crippen LogP contribution in [0.15, 0.2) is 41.4 Å². The highest BCUT2D eigenvalue weighted by Crippen LogP contribution is 2.39. The van der Waals surface area contributed by atoms with Crippen molar-refractivity contribution in [2.75, 3.05) is 36.8 Å². The van der Waals surface area contributed by atoms with Crippen molar-refractivity contribution in [3.63, 3.8) is 0 Å². The number of halogens is 3. The molecule has 6 nitrogen and oxygen atoms in total. The predicted octanol–water partition coefficient (Wildman–Crippen LogP) is 5.92. The van der Waals surface area contributed by atoms with Crippen LogP contribution in [0.4, 0.5) is 19.0 Å². The Balaban J connectivity index is 1.53. The minimum Gasteiger partial charge on any atom is -0.481 e. The summed E-state index contributed by atoms with van der Waals surface area (Å²) in [6, 6.07) is 9.18. The molecular formula is C27H32F3N3O3S. The van der Waals surface area contributed by atoms with Crippen molar-refractivity contribution in [1.29, 1.82) is 0 Å². The molecule has 2 saturated heterocycles. The molecule has 0 saturated carbocycles. The maximum atomic E-state index is 13.5. The monoisotopic (exact) mass is 535 g/mol. The van der Waals surface area contributed by atoms with E-state index in [4.69, 9.17) is 4.98 Å². The van der Waals surface area contributed by atoms with Gasteiger partial charge in [-0.15, -0.1) is 11.8 Å². The van der Waals surface area contributed by atoms with Crippen molar-refractivity contribution in [3.8, 4) is 0 Å². The first kappa shape index (κ1) is 27.3. The Morgan fingerprint density at radius 2 is 1.89 bits per heavy atom. The van der Waals surface area contributed by atoms with Gasteiger partial charge in [-0.05, 0) is 61.1 Å². The Labute approximate surface area is 219 Å². The molecule has 0 spiro atoms. The van der Waals surface area contributed by atoms with Crippen molar-refractivity contribution in [2.45, 2.75) is 56.1 Å². The number of carboxylic acid groups (broad SMARTS) is 1. The van der Waals surface area contributed by atoms with Crippen molar-refractivity contribution < 1.29 is 27.9 Å². The number of likely N-dealkylation sites (tertiary alicyclic amines) is 1. The van der Waals surface area contributed by atoms with Crippen LogP contribution in [0.3, 0.4) is 0 Å². The van der Waals surface area contributed by atoms with E-state index >= 15 is 0 Å². The first-order chi connectivity index (χ1) is 17.7. The number of anilines is 1. The van der Waals surface area contributed by atoms with Crippen molar-refractivity contribution in [3.05, 3.63) is 53.1 Å². The zero-order valence-corrected chi connectivity index (χ0v) is 21.7. The van der Waals surface area contributed by atoms with Gasteiger partial charge in [-0.1, -0.05) is 25.1 Å². The number of carboxylic acids is 1. The van der Waals surface area contributed by atoms with Gasteiger partial charge >= 0.3 is 12.1 Å². The third kappa shape index (κ3) is 6.58. The van der Waals surface area contributed by atoms with Crippen LogP contribution in [0.1, 0.15) is 66.4 Å². The molecule has 1 unspecified atom stereocenters. The fourth-order valence-electron chi connectivity index (χ4n) is 5.25.